The van der Waals surface area contributed by atoms with Crippen LogP contribution in [0.5, 0.6) is 0 Å². The summed E-state index contributed by atoms with van der Waals surface area (Å²) in [6.45, 7) is 3.55. The lowest BCUT2D eigenvalue weighted by atomic mass is 10.0. The van der Waals surface area contributed by atoms with E-state index in [2.05, 4.69) is 4.98 Å². The van der Waals surface area contributed by atoms with Crippen molar-refractivity contribution in [2.45, 2.75) is 33.2 Å². The molecule has 2 heterocycles. The van der Waals surface area contributed by atoms with Gasteiger partial charge in [-0.1, -0.05) is 37.3 Å². The lowest BCUT2D eigenvalue weighted by Crippen LogP contribution is -2.26. The topological polar surface area (TPSA) is 34.9 Å². The van der Waals surface area contributed by atoms with Crippen molar-refractivity contribution in [1.29, 1.82) is 0 Å². The van der Waals surface area contributed by atoms with Crippen molar-refractivity contribution in [3.63, 3.8) is 0 Å². The van der Waals surface area contributed by atoms with Crippen LogP contribution in [-0.4, -0.2) is 16.2 Å². The van der Waals surface area contributed by atoms with Crippen LogP contribution < -0.4 is 5.56 Å². The Morgan fingerprint density at radius 3 is 2.65 bits per heavy atom. The van der Waals surface area contributed by atoms with Crippen LogP contribution in [0.2, 0.25) is 0 Å². The molecule has 23 heavy (non-hydrogen) atoms. The molecule has 3 nitrogen and oxygen atoms in total. The third-order valence-corrected chi connectivity index (χ3v) is 4.91. The second-order valence-electron chi connectivity index (χ2n) is 5.50. The molecule has 0 unspecified atom stereocenters. The monoisotopic (exact) mass is 330 g/mol. The average Bonchev–Trinajstić information content (AvgIpc) is 2.88. The number of alkyl halides is 1. The lowest BCUT2D eigenvalue weighted by Gasteiger charge is -2.10. The van der Waals surface area contributed by atoms with E-state index in [1.54, 1.807) is 0 Å². The molecule has 0 saturated heterocycles. The van der Waals surface area contributed by atoms with E-state index in [4.69, 9.17) is 0 Å². The highest BCUT2D eigenvalue weighted by atomic mass is 32.1. The molecule has 5 heteroatoms. The smallest absolute Gasteiger partial charge is 0.263 e. The zero-order valence-corrected chi connectivity index (χ0v) is 14.1. The van der Waals surface area contributed by atoms with Crippen LogP contribution in [0.3, 0.4) is 0 Å². The van der Waals surface area contributed by atoms with Gasteiger partial charge in [0, 0.05) is 16.9 Å². The Kier molecular flexibility index (Phi) is 4.57. The number of halogens is 1. The minimum absolute atomic E-state index is 0.0697. The summed E-state index contributed by atoms with van der Waals surface area (Å²) in [5.74, 6) is 0.684. The number of benzene rings is 1. The Morgan fingerprint density at radius 2 is 2.00 bits per heavy atom. The van der Waals surface area contributed by atoms with E-state index in [1.165, 1.54) is 15.9 Å². The molecular weight excluding hydrogens is 311 g/mol. The average molecular weight is 330 g/mol. The maximum atomic E-state index is 13.0. The van der Waals surface area contributed by atoms with E-state index in [0.717, 1.165) is 27.3 Å². The Labute approximate surface area is 138 Å². The van der Waals surface area contributed by atoms with Crippen molar-refractivity contribution in [3.8, 4) is 11.1 Å². The van der Waals surface area contributed by atoms with E-state index in [-0.39, 0.29) is 12.1 Å². The first-order valence-corrected chi connectivity index (χ1v) is 8.63. The zero-order valence-electron chi connectivity index (χ0n) is 13.3. The van der Waals surface area contributed by atoms with Crippen molar-refractivity contribution in [2.24, 2.45) is 0 Å². The Morgan fingerprint density at radius 1 is 1.26 bits per heavy atom. The maximum Gasteiger partial charge on any atom is 0.263 e. The number of aromatic nitrogens is 2. The van der Waals surface area contributed by atoms with Crippen LogP contribution >= 0.6 is 11.3 Å². The molecule has 0 N–H and O–H groups in total. The lowest BCUT2D eigenvalue weighted by molar-refractivity contribution is 0.431. The summed E-state index contributed by atoms with van der Waals surface area (Å²) in [4.78, 5) is 19.5. The maximum absolute atomic E-state index is 13.0. The van der Waals surface area contributed by atoms with Gasteiger partial charge in [-0.3, -0.25) is 9.36 Å². The molecule has 0 bridgehead atoms. The number of thiophene rings is 1. The molecule has 0 aliphatic carbocycles. The fourth-order valence-electron chi connectivity index (χ4n) is 2.92. The zero-order chi connectivity index (χ0) is 16.4. The van der Waals surface area contributed by atoms with Crippen LogP contribution in [0.15, 0.2) is 35.1 Å². The number of rotatable bonds is 5. The van der Waals surface area contributed by atoms with E-state index in [9.17, 15) is 9.18 Å². The van der Waals surface area contributed by atoms with Gasteiger partial charge in [0.25, 0.3) is 5.56 Å². The van der Waals surface area contributed by atoms with E-state index < -0.39 is 6.67 Å². The quantitative estimate of drug-likeness (QED) is 0.697. The Hall–Kier alpha value is -2.01. The molecule has 1 aromatic carbocycles. The molecular formula is C18H19FN2OS. The van der Waals surface area contributed by atoms with E-state index in [1.807, 2.05) is 44.2 Å². The van der Waals surface area contributed by atoms with Crippen LogP contribution in [0.4, 0.5) is 4.39 Å². The van der Waals surface area contributed by atoms with E-state index >= 15 is 0 Å². The number of aryl methyl sites for hydroxylation is 2. The van der Waals surface area contributed by atoms with Crippen molar-refractivity contribution >= 4 is 21.6 Å². The van der Waals surface area contributed by atoms with Gasteiger partial charge in [-0.25, -0.2) is 9.37 Å². The van der Waals surface area contributed by atoms with Crippen LogP contribution in [0.25, 0.3) is 21.3 Å². The van der Waals surface area contributed by atoms with Gasteiger partial charge < -0.3 is 0 Å². The molecule has 3 aromatic rings. The van der Waals surface area contributed by atoms with Crippen LogP contribution in [0, 0.1) is 6.92 Å². The number of hydrogen-bond donors (Lipinski definition) is 0. The Bertz CT molecular complexity index is 883. The highest BCUT2D eigenvalue weighted by Crippen LogP contribution is 2.35. The van der Waals surface area contributed by atoms with Crippen molar-refractivity contribution in [3.05, 3.63) is 51.4 Å². The van der Waals surface area contributed by atoms with Gasteiger partial charge in [0.2, 0.25) is 0 Å². The number of nitrogens with zero attached hydrogens (tertiary/aromatic N) is 2. The summed E-state index contributed by atoms with van der Waals surface area (Å²) in [6.07, 6.45) is 1.56. The summed E-state index contributed by atoms with van der Waals surface area (Å²) in [6, 6.07) is 9.85. The summed E-state index contributed by atoms with van der Waals surface area (Å²) in [5, 5.41) is 0.618. The van der Waals surface area contributed by atoms with Crippen LogP contribution in [-0.2, 0) is 13.0 Å². The van der Waals surface area contributed by atoms with Crippen LogP contribution in [0.1, 0.15) is 24.0 Å². The minimum Gasteiger partial charge on any atom is -0.293 e. The van der Waals surface area contributed by atoms with Gasteiger partial charge in [0.15, 0.2) is 0 Å². The first kappa shape index (κ1) is 15.9. The largest absolute Gasteiger partial charge is 0.293 e. The van der Waals surface area contributed by atoms with Gasteiger partial charge in [-0.15, -0.1) is 11.3 Å². The summed E-state index contributed by atoms with van der Waals surface area (Å²) in [7, 11) is 0. The van der Waals surface area contributed by atoms with Crippen molar-refractivity contribution < 1.29 is 4.39 Å². The molecule has 120 valence electrons. The minimum atomic E-state index is -0.562. The SMILES string of the molecule is CCCc1nc2sc(C)c(-c3ccccc3)c2c(=O)n1CCF. The molecule has 3 rings (SSSR count). The molecule has 0 radical (unpaired) electrons. The molecule has 0 saturated carbocycles. The van der Waals surface area contributed by atoms with Gasteiger partial charge in [-0.05, 0) is 18.9 Å². The summed E-state index contributed by atoms with van der Waals surface area (Å²) >= 11 is 1.54. The van der Waals surface area contributed by atoms with Gasteiger partial charge in [-0.2, -0.15) is 0 Å². The molecule has 0 aliphatic heterocycles. The number of fused-ring (bicyclic) bond motifs is 1. The van der Waals surface area contributed by atoms with E-state index in [0.29, 0.717) is 17.6 Å². The fourth-order valence-corrected chi connectivity index (χ4v) is 3.97. The van der Waals surface area contributed by atoms with Gasteiger partial charge in [0.1, 0.15) is 17.3 Å². The second-order valence-corrected chi connectivity index (χ2v) is 6.71. The fraction of sp³-hybridized carbons (Fsp3) is 0.333. The van der Waals surface area contributed by atoms with Gasteiger partial charge >= 0.3 is 0 Å². The summed E-state index contributed by atoms with van der Waals surface area (Å²) < 4.78 is 14.4. The van der Waals surface area contributed by atoms with Gasteiger partial charge in [0.05, 0.1) is 11.9 Å². The third-order valence-electron chi connectivity index (χ3n) is 3.91. The Balaban J connectivity index is 2.34. The van der Waals surface area contributed by atoms with Crippen molar-refractivity contribution in [1.82, 2.24) is 9.55 Å². The van der Waals surface area contributed by atoms with Crippen molar-refractivity contribution in [2.75, 3.05) is 6.67 Å². The molecule has 0 spiro atoms. The molecule has 0 fully saturated rings. The second kappa shape index (κ2) is 6.62. The predicted octanol–water partition coefficient (Wildman–Crippen LogP) is 4.36. The normalized spacial score (nSPS) is 11.3. The highest BCUT2D eigenvalue weighted by Gasteiger charge is 2.19. The third kappa shape index (κ3) is 2.81. The predicted molar refractivity (Wildman–Crippen MR) is 94.0 cm³/mol. The first-order valence-electron chi connectivity index (χ1n) is 7.81. The number of hydrogen-bond acceptors (Lipinski definition) is 3. The molecule has 0 amide bonds. The standard InChI is InChI=1S/C18H19FN2OS/c1-3-7-14-20-17-16(18(22)21(14)11-10-19)15(12(2)23-17)13-8-5-4-6-9-13/h4-6,8-9H,3,7,10-11H2,1-2H3. The molecule has 0 aliphatic rings. The summed E-state index contributed by atoms with van der Waals surface area (Å²) in [5.41, 5.74) is 1.81. The molecule has 0 atom stereocenters. The highest BCUT2D eigenvalue weighted by molar-refractivity contribution is 7.19. The first-order chi connectivity index (χ1) is 11.2. The molecule has 2 aromatic heterocycles.